The summed E-state index contributed by atoms with van der Waals surface area (Å²) in [5, 5.41) is 5.80. The summed E-state index contributed by atoms with van der Waals surface area (Å²) < 4.78 is 4.96. The van der Waals surface area contributed by atoms with E-state index in [2.05, 4.69) is 15.6 Å². The summed E-state index contributed by atoms with van der Waals surface area (Å²) in [7, 11) is 2.93. The topological polar surface area (TPSA) is 101 Å². The molecule has 0 aliphatic carbocycles. The number of urea groups is 1. The van der Waals surface area contributed by atoms with Crippen molar-refractivity contribution in [2.45, 2.75) is 18.9 Å². The molecular weight excluding hydrogens is 563 g/mol. The number of halogens is 2. The molecular formula is C31H28Cl2N4O4. The molecule has 3 aromatic carbocycles. The van der Waals surface area contributed by atoms with E-state index in [1.54, 1.807) is 31.3 Å². The van der Waals surface area contributed by atoms with Crippen LogP contribution in [-0.4, -0.2) is 43.1 Å². The van der Waals surface area contributed by atoms with Gasteiger partial charge in [-0.1, -0.05) is 83.9 Å². The standard InChI is InChI=1S/C31H28Cl2N4O4/c1-37(27-11-7-6-10-22(27)16-20-8-4-3-5-9-20)31(40)36-26(30(39)41-2)17-21-12-14-23(15-13-21)35-29(38)28-24(32)18-34-19-25(28)33/h3-15,18-19,26H,16-17H2,1-2H3,(H,35,38)(H,36,40)/t26-/m0/s1. The third kappa shape index (κ3) is 7.63. The maximum atomic E-state index is 13.3. The Labute approximate surface area is 248 Å². The first kappa shape index (κ1) is 29.6. The fourth-order valence-corrected chi connectivity index (χ4v) is 4.81. The largest absolute Gasteiger partial charge is 0.467 e. The summed E-state index contributed by atoms with van der Waals surface area (Å²) in [4.78, 5) is 43.9. The van der Waals surface area contributed by atoms with Gasteiger partial charge in [0.05, 0.1) is 22.7 Å². The number of carbonyl (C=O) groups is 3. The minimum Gasteiger partial charge on any atom is -0.467 e. The van der Waals surface area contributed by atoms with Crippen molar-refractivity contribution in [2.75, 3.05) is 24.4 Å². The lowest BCUT2D eigenvalue weighted by Gasteiger charge is -2.24. The van der Waals surface area contributed by atoms with Gasteiger partial charge in [-0.15, -0.1) is 0 Å². The zero-order valence-corrected chi connectivity index (χ0v) is 23.9. The average molecular weight is 591 g/mol. The zero-order chi connectivity index (χ0) is 29.4. The second kappa shape index (κ2) is 13.8. The van der Waals surface area contributed by atoms with Crippen molar-refractivity contribution < 1.29 is 19.1 Å². The van der Waals surface area contributed by atoms with Crippen molar-refractivity contribution in [3.8, 4) is 0 Å². The number of hydrogen-bond acceptors (Lipinski definition) is 5. The third-order valence-corrected chi connectivity index (χ3v) is 6.98. The van der Waals surface area contributed by atoms with Gasteiger partial charge in [0, 0.05) is 37.2 Å². The van der Waals surface area contributed by atoms with Gasteiger partial charge >= 0.3 is 12.0 Å². The van der Waals surface area contributed by atoms with E-state index < -0.39 is 23.9 Å². The quantitative estimate of drug-likeness (QED) is 0.227. The Hall–Kier alpha value is -4.40. The molecule has 10 heteroatoms. The van der Waals surface area contributed by atoms with Crippen LogP contribution in [-0.2, 0) is 22.4 Å². The number of hydrogen-bond donors (Lipinski definition) is 2. The van der Waals surface area contributed by atoms with Crippen molar-refractivity contribution in [2.24, 2.45) is 0 Å². The van der Waals surface area contributed by atoms with Crippen LogP contribution in [0.25, 0.3) is 0 Å². The number of aromatic nitrogens is 1. The summed E-state index contributed by atoms with van der Waals surface area (Å²) in [5.74, 6) is -1.06. The number of pyridine rings is 1. The highest BCUT2D eigenvalue weighted by Crippen LogP contribution is 2.25. The molecule has 0 aliphatic heterocycles. The van der Waals surface area contributed by atoms with Crippen LogP contribution in [0.3, 0.4) is 0 Å². The molecule has 1 aromatic heterocycles. The van der Waals surface area contributed by atoms with E-state index >= 15 is 0 Å². The number of anilines is 2. The van der Waals surface area contributed by atoms with Gasteiger partial charge in [0.2, 0.25) is 0 Å². The molecule has 1 heterocycles. The van der Waals surface area contributed by atoms with Gasteiger partial charge in [-0.25, -0.2) is 9.59 Å². The highest BCUT2D eigenvalue weighted by molar-refractivity contribution is 6.40. The molecule has 4 rings (SSSR count). The molecule has 0 saturated carbocycles. The average Bonchev–Trinajstić information content (AvgIpc) is 2.97. The number of ether oxygens (including phenoxy) is 1. The molecule has 0 saturated heterocycles. The Balaban J connectivity index is 1.44. The van der Waals surface area contributed by atoms with Gasteiger partial charge in [-0.05, 0) is 41.3 Å². The minimum absolute atomic E-state index is 0.121. The summed E-state index contributed by atoms with van der Waals surface area (Å²) in [6, 6.07) is 23.1. The summed E-state index contributed by atoms with van der Waals surface area (Å²) >= 11 is 12.1. The van der Waals surface area contributed by atoms with Gasteiger partial charge in [0.25, 0.3) is 5.91 Å². The molecule has 0 unspecified atom stereocenters. The van der Waals surface area contributed by atoms with Crippen molar-refractivity contribution in [3.63, 3.8) is 0 Å². The van der Waals surface area contributed by atoms with Gasteiger partial charge < -0.3 is 15.4 Å². The molecule has 0 bridgehead atoms. The van der Waals surface area contributed by atoms with E-state index in [0.29, 0.717) is 12.1 Å². The van der Waals surface area contributed by atoms with E-state index in [1.165, 1.54) is 24.4 Å². The normalized spacial score (nSPS) is 11.3. The first-order valence-corrected chi connectivity index (χ1v) is 13.5. The molecule has 0 fully saturated rings. The number of carbonyl (C=O) groups excluding carboxylic acids is 3. The van der Waals surface area contributed by atoms with E-state index in [4.69, 9.17) is 27.9 Å². The van der Waals surface area contributed by atoms with Gasteiger partial charge in [-0.2, -0.15) is 0 Å². The van der Waals surface area contributed by atoms with Crippen LogP contribution in [0, 0.1) is 0 Å². The molecule has 1 atom stereocenters. The van der Waals surface area contributed by atoms with Crippen LogP contribution in [0.5, 0.6) is 0 Å². The number of para-hydroxylation sites is 1. The predicted octanol–water partition coefficient (Wildman–Crippen LogP) is 6.16. The second-order valence-electron chi connectivity index (χ2n) is 9.21. The van der Waals surface area contributed by atoms with Crippen LogP contribution in [0.15, 0.2) is 91.3 Å². The SMILES string of the molecule is COC(=O)[C@H](Cc1ccc(NC(=O)c2c(Cl)cncc2Cl)cc1)NC(=O)N(C)c1ccccc1Cc1ccccc1. The lowest BCUT2D eigenvalue weighted by Crippen LogP contribution is -2.48. The van der Waals surface area contributed by atoms with Crippen LogP contribution in [0.2, 0.25) is 10.0 Å². The predicted molar refractivity (Wildman–Crippen MR) is 161 cm³/mol. The number of rotatable bonds is 9. The van der Waals surface area contributed by atoms with E-state index in [1.807, 2.05) is 54.6 Å². The Kier molecular flexibility index (Phi) is 9.95. The van der Waals surface area contributed by atoms with Crippen LogP contribution >= 0.6 is 23.2 Å². The van der Waals surface area contributed by atoms with Crippen molar-refractivity contribution in [3.05, 3.63) is 124 Å². The number of methoxy groups -OCH3 is 1. The first-order valence-electron chi connectivity index (χ1n) is 12.7. The Morgan fingerprint density at radius 2 is 1.51 bits per heavy atom. The Morgan fingerprint density at radius 1 is 0.878 bits per heavy atom. The minimum atomic E-state index is -0.939. The van der Waals surface area contributed by atoms with E-state index in [0.717, 1.165) is 22.4 Å². The first-order chi connectivity index (χ1) is 19.8. The van der Waals surface area contributed by atoms with Crippen LogP contribution in [0.4, 0.5) is 16.2 Å². The number of esters is 1. The fraction of sp³-hybridized carbons (Fsp3) is 0.161. The lowest BCUT2D eigenvalue weighted by atomic mass is 10.0. The van der Waals surface area contributed by atoms with E-state index in [9.17, 15) is 14.4 Å². The van der Waals surface area contributed by atoms with Crippen molar-refractivity contribution in [1.29, 1.82) is 0 Å². The van der Waals surface area contributed by atoms with Crippen molar-refractivity contribution >= 4 is 52.5 Å². The summed E-state index contributed by atoms with van der Waals surface area (Å²) in [6.07, 6.45) is 3.50. The van der Waals surface area contributed by atoms with Crippen LogP contribution in [0.1, 0.15) is 27.0 Å². The van der Waals surface area contributed by atoms with Gasteiger partial charge in [0.1, 0.15) is 6.04 Å². The second-order valence-corrected chi connectivity index (χ2v) is 10.0. The molecule has 8 nitrogen and oxygen atoms in total. The number of benzene rings is 3. The smallest absolute Gasteiger partial charge is 0.328 e. The maximum Gasteiger partial charge on any atom is 0.328 e. The highest BCUT2D eigenvalue weighted by atomic mass is 35.5. The molecule has 3 amide bonds. The van der Waals surface area contributed by atoms with Gasteiger partial charge in [-0.3, -0.25) is 14.7 Å². The molecule has 210 valence electrons. The molecule has 0 aliphatic rings. The molecule has 2 N–H and O–H groups in total. The zero-order valence-electron chi connectivity index (χ0n) is 22.4. The Morgan fingerprint density at radius 3 is 2.17 bits per heavy atom. The maximum absolute atomic E-state index is 13.3. The molecule has 41 heavy (non-hydrogen) atoms. The number of nitrogens with one attached hydrogen (secondary N) is 2. The molecule has 0 radical (unpaired) electrons. The Bertz CT molecular complexity index is 1510. The van der Waals surface area contributed by atoms with Crippen molar-refractivity contribution in [1.82, 2.24) is 10.3 Å². The summed E-state index contributed by atoms with van der Waals surface area (Å²) in [5.41, 5.74) is 4.18. The highest BCUT2D eigenvalue weighted by Gasteiger charge is 2.25. The monoisotopic (exact) mass is 590 g/mol. The lowest BCUT2D eigenvalue weighted by molar-refractivity contribution is -0.142. The van der Waals surface area contributed by atoms with E-state index in [-0.39, 0.29) is 22.0 Å². The number of amides is 3. The third-order valence-electron chi connectivity index (χ3n) is 6.41. The van der Waals surface area contributed by atoms with Crippen LogP contribution < -0.4 is 15.5 Å². The number of nitrogens with zero attached hydrogens (tertiary/aromatic N) is 2. The van der Waals surface area contributed by atoms with Gasteiger partial charge in [0.15, 0.2) is 0 Å². The fourth-order valence-electron chi connectivity index (χ4n) is 4.28. The molecule has 0 spiro atoms. The molecule has 4 aromatic rings. The summed E-state index contributed by atoms with van der Waals surface area (Å²) in [6.45, 7) is 0.